The third kappa shape index (κ3) is 3.24. The number of hydrogen-bond acceptors (Lipinski definition) is 2. The summed E-state index contributed by atoms with van der Waals surface area (Å²) in [7, 11) is 0. The molecule has 2 rings (SSSR count). The Hall–Kier alpha value is -1.06. The van der Waals surface area contributed by atoms with E-state index in [0.29, 0.717) is 5.92 Å². The van der Waals surface area contributed by atoms with Crippen LogP contribution in [-0.2, 0) is 11.2 Å². The van der Waals surface area contributed by atoms with Crippen LogP contribution < -0.4 is 10.6 Å². The molecule has 0 aliphatic carbocycles. The molecule has 1 aromatic carbocycles. The van der Waals surface area contributed by atoms with E-state index in [1.165, 1.54) is 5.56 Å². The number of halogens is 1. The van der Waals surface area contributed by atoms with E-state index in [4.69, 9.17) is 11.6 Å². The van der Waals surface area contributed by atoms with Gasteiger partial charge in [-0.3, -0.25) is 4.79 Å². The summed E-state index contributed by atoms with van der Waals surface area (Å²) >= 11 is 5.85. The van der Waals surface area contributed by atoms with E-state index < -0.39 is 0 Å². The number of benzene rings is 1. The average Bonchev–Trinajstić information content (AvgIpc) is 2.32. The highest BCUT2D eigenvalue weighted by Crippen LogP contribution is 2.13. The van der Waals surface area contributed by atoms with Crippen LogP contribution in [0.15, 0.2) is 24.3 Å². The van der Waals surface area contributed by atoms with Crippen LogP contribution >= 0.6 is 11.6 Å². The van der Waals surface area contributed by atoms with Crippen molar-refractivity contribution >= 4 is 17.5 Å². The maximum atomic E-state index is 11.9. The predicted octanol–water partition coefficient (Wildman–Crippen LogP) is 2.00. The fourth-order valence-corrected chi connectivity index (χ4v) is 2.40. The van der Waals surface area contributed by atoms with Crippen molar-refractivity contribution < 1.29 is 4.79 Å². The first-order valence-corrected chi connectivity index (χ1v) is 6.72. The first kappa shape index (κ1) is 13.4. The zero-order valence-electron chi connectivity index (χ0n) is 10.7. The number of nitrogens with one attached hydrogen (secondary N) is 2. The summed E-state index contributed by atoms with van der Waals surface area (Å²) < 4.78 is 0. The summed E-state index contributed by atoms with van der Waals surface area (Å²) in [5.74, 6) is 0.427. The third-order valence-electron chi connectivity index (χ3n) is 3.28. The molecule has 1 aliphatic heterocycles. The van der Waals surface area contributed by atoms with Crippen LogP contribution in [-0.4, -0.2) is 24.5 Å². The molecule has 0 bridgehead atoms. The summed E-state index contributed by atoms with van der Waals surface area (Å²) in [6.07, 6.45) is 0.834. The number of carbonyl (C=O) groups excluding carboxylic acids is 1. The van der Waals surface area contributed by atoms with Gasteiger partial charge in [0.15, 0.2) is 0 Å². The quantitative estimate of drug-likeness (QED) is 0.879. The summed E-state index contributed by atoms with van der Waals surface area (Å²) in [5.41, 5.74) is 1.19. The maximum Gasteiger partial charge on any atom is 0.237 e. The standard InChI is InChI=1S/C14H19ClN2O/c1-9(2)13-14(18)17-12(8-16-13)7-10-3-5-11(15)6-4-10/h3-6,9,12-13,16H,7-8H2,1-2H3,(H,17,18)/t12-,13-/m0/s1. The van der Waals surface area contributed by atoms with Crippen LogP contribution in [0.3, 0.4) is 0 Å². The van der Waals surface area contributed by atoms with Gasteiger partial charge in [-0.2, -0.15) is 0 Å². The molecular formula is C14H19ClN2O. The second-order valence-electron chi connectivity index (χ2n) is 5.17. The van der Waals surface area contributed by atoms with Crippen LogP contribution in [0, 0.1) is 5.92 Å². The monoisotopic (exact) mass is 266 g/mol. The van der Waals surface area contributed by atoms with Gasteiger partial charge in [-0.15, -0.1) is 0 Å². The molecule has 98 valence electrons. The van der Waals surface area contributed by atoms with Gasteiger partial charge in [-0.25, -0.2) is 0 Å². The van der Waals surface area contributed by atoms with Gasteiger partial charge in [0, 0.05) is 17.6 Å². The summed E-state index contributed by atoms with van der Waals surface area (Å²) in [4.78, 5) is 11.9. The highest BCUT2D eigenvalue weighted by atomic mass is 35.5. The largest absolute Gasteiger partial charge is 0.350 e. The van der Waals surface area contributed by atoms with Gasteiger partial charge in [0.1, 0.15) is 0 Å². The van der Waals surface area contributed by atoms with E-state index in [1.807, 2.05) is 24.3 Å². The Morgan fingerprint density at radius 2 is 2.00 bits per heavy atom. The van der Waals surface area contributed by atoms with Gasteiger partial charge < -0.3 is 10.6 Å². The molecule has 18 heavy (non-hydrogen) atoms. The molecule has 1 heterocycles. The molecule has 2 N–H and O–H groups in total. The molecule has 3 nitrogen and oxygen atoms in total. The Balaban J connectivity index is 1.93. The van der Waals surface area contributed by atoms with Gasteiger partial charge in [0.2, 0.25) is 5.91 Å². The zero-order chi connectivity index (χ0) is 13.1. The van der Waals surface area contributed by atoms with Crippen molar-refractivity contribution in [1.29, 1.82) is 0 Å². The zero-order valence-corrected chi connectivity index (χ0v) is 11.5. The van der Waals surface area contributed by atoms with Crippen molar-refractivity contribution in [3.8, 4) is 0 Å². The smallest absolute Gasteiger partial charge is 0.237 e. The minimum Gasteiger partial charge on any atom is -0.350 e. The third-order valence-corrected chi connectivity index (χ3v) is 3.53. The van der Waals surface area contributed by atoms with Gasteiger partial charge in [-0.05, 0) is 30.0 Å². The predicted molar refractivity (Wildman–Crippen MR) is 73.7 cm³/mol. The molecule has 4 heteroatoms. The Morgan fingerprint density at radius 3 is 2.56 bits per heavy atom. The minimum absolute atomic E-state index is 0.0635. The van der Waals surface area contributed by atoms with Crippen molar-refractivity contribution in [1.82, 2.24) is 10.6 Å². The second kappa shape index (κ2) is 5.72. The second-order valence-corrected chi connectivity index (χ2v) is 5.60. The number of hydrogen-bond donors (Lipinski definition) is 2. The van der Waals surface area contributed by atoms with Crippen molar-refractivity contribution in [2.24, 2.45) is 5.92 Å². The number of amides is 1. The van der Waals surface area contributed by atoms with Crippen molar-refractivity contribution in [3.05, 3.63) is 34.9 Å². The van der Waals surface area contributed by atoms with Gasteiger partial charge >= 0.3 is 0 Å². The molecule has 0 aromatic heterocycles. The lowest BCUT2D eigenvalue weighted by atomic mass is 9.97. The lowest BCUT2D eigenvalue weighted by molar-refractivity contribution is -0.126. The van der Waals surface area contributed by atoms with Crippen LogP contribution in [0.1, 0.15) is 19.4 Å². The molecular weight excluding hydrogens is 248 g/mol. The van der Waals surface area contributed by atoms with Crippen LogP contribution in [0.25, 0.3) is 0 Å². The van der Waals surface area contributed by atoms with Crippen LogP contribution in [0.5, 0.6) is 0 Å². The van der Waals surface area contributed by atoms with Crippen molar-refractivity contribution in [3.63, 3.8) is 0 Å². The first-order chi connectivity index (χ1) is 8.56. The fraction of sp³-hybridized carbons (Fsp3) is 0.500. The topological polar surface area (TPSA) is 41.1 Å². The van der Waals surface area contributed by atoms with Gasteiger partial charge in [0.05, 0.1) is 6.04 Å². The molecule has 2 atom stereocenters. The lowest BCUT2D eigenvalue weighted by Crippen LogP contribution is -2.60. The van der Waals surface area contributed by atoms with E-state index >= 15 is 0 Å². The van der Waals surface area contributed by atoms with E-state index in [-0.39, 0.29) is 18.0 Å². The minimum atomic E-state index is -0.0635. The molecule has 1 fully saturated rings. The molecule has 0 unspecified atom stereocenters. The van der Waals surface area contributed by atoms with Gasteiger partial charge in [0.25, 0.3) is 0 Å². The molecule has 1 amide bonds. The molecule has 0 spiro atoms. The van der Waals surface area contributed by atoms with E-state index in [2.05, 4.69) is 24.5 Å². The highest BCUT2D eigenvalue weighted by Gasteiger charge is 2.29. The number of piperazine rings is 1. The lowest BCUT2D eigenvalue weighted by Gasteiger charge is -2.32. The van der Waals surface area contributed by atoms with E-state index in [1.54, 1.807) is 0 Å². The van der Waals surface area contributed by atoms with Crippen LogP contribution in [0.4, 0.5) is 0 Å². The summed E-state index contributed by atoms with van der Waals surface area (Å²) in [5, 5.41) is 7.13. The number of carbonyl (C=O) groups is 1. The van der Waals surface area contributed by atoms with Gasteiger partial charge in [-0.1, -0.05) is 37.6 Å². The van der Waals surface area contributed by atoms with E-state index in [0.717, 1.165) is 18.0 Å². The number of rotatable bonds is 3. The summed E-state index contributed by atoms with van der Waals surface area (Å²) in [6.45, 7) is 4.92. The Labute approximate surface area is 113 Å². The Morgan fingerprint density at radius 1 is 1.33 bits per heavy atom. The summed E-state index contributed by atoms with van der Waals surface area (Å²) in [6, 6.07) is 7.87. The molecule has 1 saturated heterocycles. The molecule has 1 aromatic rings. The maximum absolute atomic E-state index is 11.9. The SMILES string of the molecule is CC(C)[C@@H]1NC[C@H](Cc2ccc(Cl)cc2)NC1=O. The Bertz CT molecular complexity index is 416. The van der Waals surface area contributed by atoms with Crippen LogP contribution in [0.2, 0.25) is 5.02 Å². The average molecular weight is 267 g/mol. The fourth-order valence-electron chi connectivity index (χ4n) is 2.27. The Kier molecular flexibility index (Phi) is 4.25. The van der Waals surface area contributed by atoms with Crippen molar-refractivity contribution in [2.75, 3.05) is 6.54 Å². The normalized spacial score (nSPS) is 24.1. The highest BCUT2D eigenvalue weighted by molar-refractivity contribution is 6.30. The van der Waals surface area contributed by atoms with Crippen molar-refractivity contribution in [2.45, 2.75) is 32.4 Å². The van der Waals surface area contributed by atoms with E-state index in [9.17, 15) is 4.79 Å². The first-order valence-electron chi connectivity index (χ1n) is 6.34. The molecule has 1 aliphatic rings. The molecule has 0 saturated carbocycles. The molecule has 0 radical (unpaired) electrons.